The lowest BCUT2D eigenvalue weighted by Crippen LogP contribution is -2.25. The van der Waals surface area contributed by atoms with E-state index >= 15 is 0 Å². The van der Waals surface area contributed by atoms with E-state index < -0.39 is 15.1 Å². The van der Waals surface area contributed by atoms with Gasteiger partial charge in [-0.1, -0.05) is 36.9 Å². The molecule has 1 atom stereocenters. The first-order chi connectivity index (χ1) is 16.2. The Morgan fingerprint density at radius 2 is 1.59 bits per heavy atom. The maximum absolute atomic E-state index is 12.9. The standard InChI is InChI=1S/C23H27N5O4S2/c1-4-20(22(30)25-18-13-11-17(12-14-18)24-16(3)29)33-23-27-26-21(28(23)5-2)15-34(31,32)19-9-7-6-8-10-19/h6-14,20H,4-5,15H2,1-3H3,(H,24,29)(H,25,30). The predicted molar refractivity (Wildman–Crippen MR) is 132 cm³/mol. The van der Waals surface area contributed by atoms with E-state index in [4.69, 9.17) is 0 Å². The number of aromatic nitrogens is 3. The van der Waals surface area contributed by atoms with Gasteiger partial charge < -0.3 is 15.2 Å². The zero-order chi connectivity index (χ0) is 24.7. The molecule has 0 aliphatic carbocycles. The Hall–Kier alpha value is -3.18. The Morgan fingerprint density at radius 1 is 0.971 bits per heavy atom. The summed E-state index contributed by atoms with van der Waals surface area (Å²) >= 11 is 1.25. The molecule has 180 valence electrons. The Bertz CT molecular complexity index is 1240. The molecule has 0 bridgehead atoms. The molecule has 0 fully saturated rings. The van der Waals surface area contributed by atoms with Crippen LogP contribution in [-0.2, 0) is 31.7 Å². The summed E-state index contributed by atoms with van der Waals surface area (Å²) in [6, 6.07) is 15.1. The minimum Gasteiger partial charge on any atom is -0.326 e. The number of hydrogen-bond donors (Lipinski definition) is 2. The van der Waals surface area contributed by atoms with Crippen molar-refractivity contribution in [2.75, 3.05) is 10.6 Å². The van der Waals surface area contributed by atoms with Crippen LogP contribution in [0.4, 0.5) is 11.4 Å². The molecule has 0 aliphatic rings. The molecule has 0 aliphatic heterocycles. The van der Waals surface area contributed by atoms with E-state index in [0.717, 1.165) is 0 Å². The van der Waals surface area contributed by atoms with E-state index in [0.29, 0.717) is 35.3 Å². The van der Waals surface area contributed by atoms with Crippen molar-refractivity contribution in [3.63, 3.8) is 0 Å². The maximum Gasteiger partial charge on any atom is 0.237 e. The second-order valence-electron chi connectivity index (χ2n) is 7.48. The van der Waals surface area contributed by atoms with Gasteiger partial charge in [-0.15, -0.1) is 10.2 Å². The molecule has 0 saturated carbocycles. The van der Waals surface area contributed by atoms with Crippen LogP contribution in [0.25, 0.3) is 0 Å². The molecular weight excluding hydrogens is 474 g/mol. The summed E-state index contributed by atoms with van der Waals surface area (Å²) in [5.74, 6) is -0.320. The van der Waals surface area contributed by atoms with Crippen LogP contribution in [0, 0.1) is 0 Å². The van der Waals surface area contributed by atoms with E-state index in [1.165, 1.54) is 18.7 Å². The smallest absolute Gasteiger partial charge is 0.237 e. The van der Waals surface area contributed by atoms with Gasteiger partial charge in [0.1, 0.15) is 11.6 Å². The zero-order valence-electron chi connectivity index (χ0n) is 19.2. The number of hydrogen-bond acceptors (Lipinski definition) is 7. The van der Waals surface area contributed by atoms with Gasteiger partial charge >= 0.3 is 0 Å². The summed E-state index contributed by atoms with van der Waals surface area (Å²) in [4.78, 5) is 24.3. The first-order valence-electron chi connectivity index (χ1n) is 10.8. The van der Waals surface area contributed by atoms with Crippen LogP contribution in [0.2, 0.25) is 0 Å². The Balaban J connectivity index is 1.71. The van der Waals surface area contributed by atoms with Crippen molar-refractivity contribution in [2.24, 2.45) is 0 Å². The Kier molecular flexibility index (Phi) is 8.46. The third kappa shape index (κ3) is 6.45. The van der Waals surface area contributed by atoms with Crippen molar-refractivity contribution in [3.05, 3.63) is 60.4 Å². The quantitative estimate of drug-likeness (QED) is 0.406. The Labute approximate surface area is 203 Å². The number of carbonyl (C=O) groups is 2. The van der Waals surface area contributed by atoms with Gasteiger partial charge in [0.2, 0.25) is 11.8 Å². The lowest BCUT2D eigenvalue weighted by atomic mass is 10.2. The lowest BCUT2D eigenvalue weighted by Gasteiger charge is -2.15. The van der Waals surface area contributed by atoms with E-state index in [9.17, 15) is 18.0 Å². The van der Waals surface area contributed by atoms with Crippen molar-refractivity contribution in [2.45, 2.75) is 54.8 Å². The minimum atomic E-state index is -3.57. The fourth-order valence-electron chi connectivity index (χ4n) is 3.22. The normalized spacial score (nSPS) is 12.2. The molecule has 2 amide bonds. The van der Waals surface area contributed by atoms with Crippen molar-refractivity contribution < 1.29 is 18.0 Å². The van der Waals surface area contributed by atoms with Gasteiger partial charge in [-0.3, -0.25) is 9.59 Å². The molecular formula is C23H27N5O4S2. The first kappa shape index (κ1) is 25.4. The van der Waals surface area contributed by atoms with Crippen molar-refractivity contribution >= 4 is 44.8 Å². The Morgan fingerprint density at radius 3 is 2.15 bits per heavy atom. The summed E-state index contributed by atoms with van der Waals surface area (Å²) in [7, 11) is -3.57. The first-order valence-corrected chi connectivity index (χ1v) is 13.3. The van der Waals surface area contributed by atoms with Crippen LogP contribution >= 0.6 is 11.8 Å². The van der Waals surface area contributed by atoms with Crippen LogP contribution in [-0.4, -0.2) is 40.2 Å². The molecule has 1 heterocycles. The van der Waals surface area contributed by atoms with E-state index in [1.54, 1.807) is 59.2 Å². The van der Waals surface area contributed by atoms with Crippen LogP contribution in [0.1, 0.15) is 33.0 Å². The highest BCUT2D eigenvalue weighted by atomic mass is 32.2. The van der Waals surface area contributed by atoms with Gasteiger partial charge in [-0.05, 0) is 49.7 Å². The average molecular weight is 502 g/mol. The van der Waals surface area contributed by atoms with Crippen molar-refractivity contribution in [3.8, 4) is 0 Å². The number of amides is 2. The van der Waals surface area contributed by atoms with Crippen molar-refractivity contribution in [1.82, 2.24) is 14.8 Å². The highest BCUT2D eigenvalue weighted by Crippen LogP contribution is 2.27. The molecule has 0 spiro atoms. The number of thioether (sulfide) groups is 1. The van der Waals surface area contributed by atoms with Gasteiger partial charge in [-0.25, -0.2) is 8.42 Å². The number of carbonyl (C=O) groups excluding carboxylic acids is 2. The predicted octanol–water partition coefficient (Wildman–Crippen LogP) is 3.74. The van der Waals surface area contributed by atoms with Gasteiger partial charge in [0.25, 0.3) is 0 Å². The second-order valence-corrected chi connectivity index (χ2v) is 10.6. The molecule has 0 radical (unpaired) electrons. The molecule has 3 aromatic rings. The number of benzene rings is 2. The molecule has 9 nitrogen and oxygen atoms in total. The van der Waals surface area contributed by atoms with E-state index in [-0.39, 0.29) is 22.5 Å². The van der Waals surface area contributed by atoms with Crippen LogP contribution in [0.15, 0.2) is 64.6 Å². The van der Waals surface area contributed by atoms with Crippen LogP contribution < -0.4 is 10.6 Å². The summed E-state index contributed by atoms with van der Waals surface area (Å²) in [5, 5.41) is 13.9. The van der Waals surface area contributed by atoms with Gasteiger partial charge in [0.05, 0.1) is 10.1 Å². The topological polar surface area (TPSA) is 123 Å². The highest BCUT2D eigenvalue weighted by Gasteiger charge is 2.25. The van der Waals surface area contributed by atoms with E-state index in [1.807, 2.05) is 13.8 Å². The number of nitrogens with one attached hydrogen (secondary N) is 2. The maximum atomic E-state index is 12.9. The third-order valence-corrected chi connectivity index (χ3v) is 7.89. The number of anilines is 2. The van der Waals surface area contributed by atoms with Gasteiger partial charge in [0, 0.05) is 24.8 Å². The molecule has 11 heteroatoms. The van der Waals surface area contributed by atoms with Gasteiger partial charge in [0.15, 0.2) is 15.0 Å². The van der Waals surface area contributed by atoms with E-state index in [2.05, 4.69) is 20.8 Å². The average Bonchev–Trinajstić information content (AvgIpc) is 3.19. The molecule has 0 saturated heterocycles. The molecule has 2 N–H and O–H groups in total. The molecule has 1 aromatic heterocycles. The third-order valence-electron chi connectivity index (χ3n) is 4.91. The number of nitrogens with zero attached hydrogens (tertiary/aromatic N) is 3. The van der Waals surface area contributed by atoms with Crippen LogP contribution in [0.5, 0.6) is 0 Å². The summed E-state index contributed by atoms with van der Waals surface area (Å²) in [6.45, 7) is 5.67. The highest BCUT2D eigenvalue weighted by molar-refractivity contribution is 8.00. The molecule has 34 heavy (non-hydrogen) atoms. The van der Waals surface area contributed by atoms with Gasteiger partial charge in [-0.2, -0.15) is 0 Å². The lowest BCUT2D eigenvalue weighted by molar-refractivity contribution is -0.116. The summed E-state index contributed by atoms with van der Waals surface area (Å²) in [5.41, 5.74) is 1.24. The second kappa shape index (κ2) is 11.3. The summed E-state index contributed by atoms with van der Waals surface area (Å²) < 4.78 is 27.3. The van der Waals surface area contributed by atoms with Crippen LogP contribution in [0.3, 0.4) is 0 Å². The number of sulfone groups is 1. The fourth-order valence-corrected chi connectivity index (χ4v) is 5.55. The summed E-state index contributed by atoms with van der Waals surface area (Å²) in [6.07, 6.45) is 0.536. The SMILES string of the molecule is CCC(Sc1nnc(CS(=O)(=O)c2ccccc2)n1CC)C(=O)Nc1ccc(NC(C)=O)cc1. The monoisotopic (exact) mass is 501 g/mol. The zero-order valence-corrected chi connectivity index (χ0v) is 20.8. The molecule has 3 rings (SSSR count). The van der Waals surface area contributed by atoms with Crippen molar-refractivity contribution in [1.29, 1.82) is 0 Å². The molecule has 2 aromatic carbocycles. The largest absolute Gasteiger partial charge is 0.326 e. The molecule has 1 unspecified atom stereocenters. The number of rotatable bonds is 10. The fraction of sp³-hybridized carbons (Fsp3) is 0.304. The minimum absolute atomic E-state index is 0.171.